The van der Waals surface area contributed by atoms with Crippen molar-refractivity contribution in [3.8, 4) is 0 Å². The van der Waals surface area contributed by atoms with E-state index >= 15 is 0 Å². The van der Waals surface area contributed by atoms with Gasteiger partial charge in [-0.15, -0.1) is 0 Å². The number of hydrogen-bond donors (Lipinski definition) is 1. The minimum Gasteiger partial charge on any atom is -0.378 e. The molecule has 0 saturated carbocycles. The molecule has 0 aliphatic rings. The van der Waals surface area contributed by atoms with Crippen LogP contribution < -0.4 is 5.06 Å². The molecule has 0 aliphatic heterocycles. The van der Waals surface area contributed by atoms with Crippen LogP contribution in [0.15, 0.2) is 60.7 Å². The number of anilines is 1. The van der Waals surface area contributed by atoms with Gasteiger partial charge in [0.05, 0.1) is 5.69 Å². The van der Waals surface area contributed by atoms with E-state index in [1.165, 1.54) is 6.92 Å². The van der Waals surface area contributed by atoms with E-state index in [1.54, 1.807) is 30.3 Å². The van der Waals surface area contributed by atoms with E-state index in [-0.39, 0.29) is 6.61 Å². The monoisotopic (exact) mass is 403 g/mol. The maximum Gasteiger partial charge on any atom is 0.476 e. The fourth-order valence-electron chi connectivity index (χ4n) is 1.98. The standard InChI is InChI=1S/C16H16Cl2NO5P/c1-16(17,15(20)24-25(18,21)22)19(14-10-6-3-7-11-14)23-12-13-8-4-2-5-9-13/h2-11H,12H2,1H3,(H,21,22)/t16-/m1/s1. The number of hydroxylamine groups is 1. The van der Waals surface area contributed by atoms with Gasteiger partial charge in [0.1, 0.15) is 6.61 Å². The number of nitrogens with zero attached hydrogens (tertiary/aromatic N) is 1. The highest BCUT2D eigenvalue weighted by Gasteiger charge is 2.43. The van der Waals surface area contributed by atoms with Gasteiger partial charge in [-0.25, -0.2) is 14.4 Å². The molecule has 1 unspecified atom stereocenters. The van der Waals surface area contributed by atoms with Crippen LogP contribution in [0.5, 0.6) is 0 Å². The lowest BCUT2D eigenvalue weighted by atomic mass is 10.2. The number of carbonyl (C=O) groups excluding carboxylic acids is 1. The molecular formula is C16H16Cl2NO5P. The summed E-state index contributed by atoms with van der Waals surface area (Å²) in [5, 5.41) is 1.11. The summed E-state index contributed by atoms with van der Waals surface area (Å²) in [7, 11) is 0. The van der Waals surface area contributed by atoms with Crippen LogP contribution in [0, 0.1) is 0 Å². The molecule has 0 spiro atoms. The van der Waals surface area contributed by atoms with Crippen LogP contribution >= 0.6 is 29.8 Å². The molecule has 0 heterocycles. The third-order valence-electron chi connectivity index (χ3n) is 3.14. The van der Waals surface area contributed by atoms with Crippen LogP contribution in [-0.2, 0) is 25.3 Å². The van der Waals surface area contributed by atoms with Gasteiger partial charge in [0.25, 0.3) is 0 Å². The van der Waals surface area contributed by atoms with Gasteiger partial charge < -0.3 is 9.42 Å². The van der Waals surface area contributed by atoms with Crippen molar-refractivity contribution in [1.29, 1.82) is 0 Å². The minimum atomic E-state index is -4.57. The molecule has 0 saturated heterocycles. The van der Waals surface area contributed by atoms with Gasteiger partial charge in [-0.2, -0.15) is 0 Å². The SMILES string of the molecule is C[C@](Cl)(C(=O)OP(=O)(O)Cl)N(OCc1ccccc1)c1ccccc1. The number of carbonyl (C=O) groups is 1. The minimum absolute atomic E-state index is 0.114. The number of para-hydroxylation sites is 1. The van der Waals surface area contributed by atoms with Crippen molar-refractivity contribution in [3.63, 3.8) is 0 Å². The van der Waals surface area contributed by atoms with Crippen LogP contribution in [0.3, 0.4) is 0 Å². The maximum atomic E-state index is 12.2. The molecule has 9 heteroatoms. The summed E-state index contributed by atoms with van der Waals surface area (Å²) in [5.74, 6) is -1.22. The summed E-state index contributed by atoms with van der Waals surface area (Å²) in [6.45, 7) is -3.18. The Balaban J connectivity index is 2.27. The van der Waals surface area contributed by atoms with E-state index in [9.17, 15) is 9.36 Å². The van der Waals surface area contributed by atoms with Crippen molar-refractivity contribution in [1.82, 2.24) is 0 Å². The first-order chi connectivity index (χ1) is 11.7. The smallest absolute Gasteiger partial charge is 0.378 e. The van der Waals surface area contributed by atoms with Crippen molar-refractivity contribution >= 4 is 41.4 Å². The zero-order valence-corrected chi connectivity index (χ0v) is 15.6. The lowest BCUT2D eigenvalue weighted by Gasteiger charge is -2.34. The third-order valence-corrected chi connectivity index (χ3v) is 4.05. The molecule has 0 bridgehead atoms. The van der Waals surface area contributed by atoms with Crippen molar-refractivity contribution in [2.45, 2.75) is 18.5 Å². The molecule has 2 aromatic carbocycles. The van der Waals surface area contributed by atoms with Crippen molar-refractivity contribution in [3.05, 3.63) is 66.2 Å². The fourth-order valence-corrected chi connectivity index (χ4v) is 2.79. The predicted octanol–water partition coefficient (Wildman–Crippen LogP) is 4.46. The van der Waals surface area contributed by atoms with Crippen molar-refractivity contribution < 1.29 is 23.6 Å². The Hall–Kier alpha value is -1.56. The van der Waals surface area contributed by atoms with E-state index < -0.39 is 17.9 Å². The average Bonchev–Trinajstić information content (AvgIpc) is 2.55. The molecule has 25 heavy (non-hydrogen) atoms. The Kier molecular flexibility index (Phi) is 6.49. The Morgan fingerprint density at radius 1 is 1.16 bits per heavy atom. The highest BCUT2D eigenvalue weighted by molar-refractivity contribution is 7.80. The van der Waals surface area contributed by atoms with E-state index in [1.807, 2.05) is 30.3 Å². The first-order valence-electron chi connectivity index (χ1n) is 7.17. The van der Waals surface area contributed by atoms with Gasteiger partial charge in [-0.1, -0.05) is 60.1 Å². The van der Waals surface area contributed by atoms with Gasteiger partial charge in [0, 0.05) is 11.2 Å². The van der Waals surface area contributed by atoms with Crippen molar-refractivity contribution in [2.75, 3.05) is 5.06 Å². The van der Waals surface area contributed by atoms with Crippen LogP contribution in [0.4, 0.5) is 5.69 Å². The first kappa shape index (κ1) is 19.8. The predicted molar refractivity (Wildman–Crippen MR) is 96.2 cm³/mol. The van der Waals surface area contributed by atoms with Gasteiger partial charge >= 0.3 is 12.9 Å². The molecule has 0 fully saturated rings. The number of alkyl halides is 1. The number of halogens is 2. The lowest BCUT2D eigenvalue weighted by molar-refractivity contribution is -0.140. The molecule has 0 aromatic heterocycles. The molecule has 6 nitrogen and oxygen atoms in total. The van der Waals surface area contributed by atoms with Gasteiger partial charge in [-0.05, 0) is 24.6 Å². The van der Waals surface area contributed by atoms with Gasteiger partial charge in [0.2, 0.25) is 5.00 Å². The second-order valence-electron chi connectivity index (χ2n) is 5.17. The maximum absolute atomic E-state index is 12.2. The fraction of sp³-hybridized carbons (Fsp3) is 0.188. The van der Waals surface area contributed by atoms with E-state index in [4.69, 9.17) is 32.6 Å². The Labute approximate surface area is 155 Å². The van der Waals surface area contributed by atoms with Crippen LogP contribution in [-0.4, -0.2) is 15.9 Å². The largest absolute Gasteiger partial charge is 0.476 e. The van der Waals surface area contributed by atoms with Crippen LogP contribution in [0.2, 0.25) is 0 Å². The van der Waals surface area contributed by atoms with E-state index in [2.05, 4.69) is 4.52 Å². The van der Waals surface area contributed by atoms with Gasteiger partial charge in [-0.3, -0.25) is 4.84 Å². The quantitative estimate of drug-likeness (QED) is 0.318. The molecule has 2 rings (SSSR count). The highest BCUT2D eigenvalue weighted by Crippen LogP contribution is 2.49. The zero-order valence-electron chi connectivity index (χ0n) is 13.2. The normalized spacial score (nSPS) is 15.7. The number of benzene rings is 2. The van der Waals surface area contributed by atoms with E-state index in [0.29, 0.717) is 5.69 Å². The number of rotatable bonds is 7. The summed E-state index contributed by atoms with van der Waals surface area (Å²) in [6.07, 6.45) is 0. The molecule has 134 valence electrons. The summed E-state index contributed by atoms with van der Waals surface area (Å²) < 4.78 is 15.5. The van der Waals surface area contributed by atoms with E-state index in [0.717, 1.165) is 10.6 Å². The van der Waals surface area contributed by atoms with Crippen molar-refractivity contribution in [2.24, 2.45) is 0 Å². The molecular weight excluding hydrogens is 388 g/mol. The zero-order chi connectivity index (χ0) is 18.5. The molecule has 0 aliphatic carbocycles. The van der Waals surface area contributed by atoms with Gasteiger partial charge in [0.15, 0.2) is 0 Å². The Morgan fingerprint density at radius 3 is 2.20 bits per heavy atom. The average molecular weight is 404 g/mol. The summed E-state index contributed by atoms with van der Waals surface area (Å²) in [6, 6.07) is 17.8. The van der Waals surface area contributed by atoms with Crippen LogP contribution in [0.25, 0.3) is 0 Å². The third kappa shape index (κ3) is 5.73. The second kappa shape index (κ2) is 8.21. The Bertz CT molecular complexity index is 752. The summed E-state index contributed by atoms with van der Waals surface area (Å²) >= 11 is 11.4. The second-order valence-corrected chi connectivity index (χ2v) is 8.28. The number of hydrogen-bond acceptors (Lipinski definition) is 5. The molecule has 1 N–H and O–H groups in total. The Morgan fingerprint density at radius 2 is 1.68 bits per heavy atom. The molecule has 2 aromatic rings. The summed E-state index contributed by atoms with van der Waals surface area (Å²) in [4.78, 5) is 25.1. The highest BCUT2D eigenvalue weighted by atomic mass is 35.7. The molecule has 0 radical (unpaired) electrons. The summed E-state index contributed by atoms with van der Waals surface area (Å²) in [5.41, 5.74) is 1.30. The molecule has 0 amide bonds. The van der Waals surface area contributed by atoms with Crippen LogP contribution in [0.1, 0.15) is 12.5 Å². The topological polar surface area (TPSA) is 76.1 Å². The first-order valence-corrected chi connectivity index (χ1v) is 10.0. The lowest BCUT2D eigenvalue weighted by Crippen LogP contribution is -2.48. The molecule has 2 atom stereocenters.